The minimum atomic E-state index is -0.505. The highest BCUT2D eigenvalue weighted by Crippen LogP contribution is 2.23. The molecule has 0 saturated carbocycles. The van der Waals surface area contributed by atoms with Crippen LogP contribution < -0.4 is 16.0 Å². The number of aliphatic imine (C=N–C) groups is 1. The number of alkyl carbamates (subject to hydrolysis) is 1. The van der Waals surface area contributed by atoms with Crippen molar-refractivity contribution in [3.8, 4) is 10.8 Å². The van der Waals surface area contributed by atoms with Gasteiger partial charge >= 0.3 is 6.09 Å². The van der Waals surface area contributed by atoms with Gasteiger partial charge in [0.2, 0.25) is 5.89 Å². The Kier molecular flexibility index (Phi) is 9.56. The number of oxazole rings is 1. The van der Waals surface area contributed by atoms with Gasteiger partial charge in [0, 0.05) is 20.1 Å². The molecule has 0 spiro atoms. The molecule has 0 aliphatic heterocycles. The molecule has 2 aromatic heterocycles. The molecular weight excluding hydrogens is 481 g/mol. The smallest absolute Gasteiger partial charge is 0.407 e. The highest BCUT2D eigenvalue weighted by molar-refractivity contribution is 14.0. The molecule has 2 heterocycles. The number of carbonyl (C=O) groups excluding carboxylic acids is 1. The van der Waals surface area contributed by atoms with Gasteiger partial charge in [-0.15, -0.1) is 35.3 Å². The van der Waals surface area contributed by atoms with E-state index in [0.29, 0.717) is 31.5 Å². The number of carbonyl (C=O) groups is 1. The summed E-state index contributed by atoms with van der Waals surface area (Å²) in [4.78, 5) is 21.1. The monoisotopic (exact) mass is 507 g/mol. The molecule has 8 nitrogen and oxygen atoms in total. The topological polar surface area (TPSA) is 101 Å². The summed E-state index contributed by atoms with van der Waals surface area (Å²) >= 11 is 1.58. The average Bonchev–Trinajstić information content (AvgIpc) is 3.23. The van der Waals surface area contributed by atoms with Crippen molar-refractivity contribution in [3.05, 3.63) is 29.5 Å². The van der Waals surface area contributed by atoms with E-state index in [4.69, 9.17) is 9.15 Å². The predicted octanol–water partition coefficient (Wildman–Crippen LogP) is 3.21. The molecule has 10 heteroatoms. The second-order valence-electron chi connectivity index (χ2n) is 6.40. The Bertz CT molecular complexity index is 725. The van der Waals surface area contributed by atoms with Gasteiger partial charge < -0.3 is 25.1 Å². The highest BCUT2D eigenvalue weighted by atomic mass is 127. The number of nitrogens with one attached hydrogen (secondary N) is 3. The third kappa shape index (κ3) is 8.61. The normalized spacial score (nSPS) is 11.5. The summed E-state index contributed by atoms with van der Waals surface area (Å²) in [7, 11) is 1.68. The van der Waals surface area contributed by atoms with E-state index in [-0.39, 0.29) is 24.0 Å². The number of hydrogen-bond donors (Lipinski definition) is 3. The molecule has 0 saturated heterocycles. The summed E-state index contributed by atoms with van der Waals surface area (Å²) in [6.07, 6.45) is 1.19. The number of amides is 1. The molecule has 0 fully saturated rings. The molecule has 150 valence electrons. The van der Waals surface area contributed by atoms with E-state index < -0.39 is 11.7 Å². The van der Waals surface area contributed by atoms with Crippen LogP contribution in [-0.4, -0.2) is 42.8 Å². The summed E-state index contributed by atoms with van der Waals surface area (Å²) in [5.74, 6) is 1.22. The molecule has 27 heavy (non-hydrogen) atoms. The van der Waals surface area contributed by atoms with Gasteiger partial charge in [-0.25, -0.2) is 9.78 Å². The first-order valence-corrected chi connectivity index (χ1v) is 9.15. The molecule has 1 amide bonds. The van der Waals surface area contributed by atoms with Crippen LogP contribution in [0.4, 0.5) is 4.79 Å². The van der Waals surface area contributed by atoms with E-state index in [1.54, 1.807) is 24.6 Å². The molecule has 0 aliphatic carbocycles. The van der Waals surface area contributed by atoms with Gasteiger partial charge in [0.25, 0.3) is 0 Å². The van der Waals surface area contributed by atoms with Gasteiger partial charge in [-0.3, -0.25) is 4.99 Å². The molecule has 2 rings (SSSR count). The van der Waals surface area contributed by atoms with E-state index in [2.05, 4.69) is 25.9 Å². The van der Waals surface area contributed by atoms with Crippen molar-refractivity contribution in [2.75, 3.05) is 20.1 Å². The van der Waals surface area contributed by atoms with Gasteiger partial charge in [0.1, 0.15) is 11.9 Å². The lowest BCUT2D eigenvalue weighted by Crippen LogP contribution is -2.42. The third-order valence-electron chi connectivity index (χ3n) is 3.03. The van der Waals surface area contributed by atoms with Crippen LogP contribution in [-0.2, 0) is 11.3 Å². The standard InChI is InChI=1S/C17H25N5O3S.HI/c1-17(2,3)25-16(23)20-8-7-19-15(18-4)21-10-12-11-24-14(22-12)13-6-5-9-26-13;/h5-6,9,11H,7-8,10H2,1-4H3,(H,20,23)(H2,18,19,21);1H. The molecule has 2 aromatic rings. The number of nitrogens with zero attached hydrogens (tertiary/aromatic N) is 2. The maximum absolute atomic E-state index is 11.6. The first-order valence-electron chi connectivity index (χ1n) is 8.27. The molecule has 0 radical (unpaired) electrons. The highest BCUT2D eigenvalue weighted by Gasteiger charge is 2.15. The van der Waals surface area contributed by atoms with Gasteiger partial charge in [-0.2, -0.15) is 0 Å². The van der Waals surface area contributed by atoms with Crippen LogP contribution in [0.15, 0.2) is 33.2 Å². The van der Waals surface area contributed by atoms with Crippen molar-refractivity contribution in [1.82, 2.24) is 20.9 Å². The third-order valence-corrected chi connectivity index (χ3v) is 3.89. The van der Waals surface area contributed by atoms with E-state index >= 15 is 0 Å². The van der Waals surface area contributed by atoms with Crippen LogP contribution in [0.5, 0.6) is 0 Å². The fourth-order valence-electron chi connectivity index (χ4n) is 1.96. The van der Waals surface area contributed by atoms with Crippen molar-refractivity contribution < 1.29 is 13.9 Å². The first kappa shape index (κ1) is 23.2. The Morgan fingerprint density at radius 3 is 2.67 bits per heavy atom. The molecule has 0 atom stereocenters. The summed E-state index contributed by atoms with van der Waals surface area (Å²) < 4.78 is 10.6. The Morgan fingerprint density at radius 2 is 2.04 bits per heavy atom. The maximum Gasteiger partial charge on any atom is 0.407 e. The zero-order valence-corrected chi connectivity index (χ0v) is 19.0. The number of halogens is 1. The molecule has 3 N–H and O–H groups in total. The van der Waals surface area contributed by atoms with Gasteiger partial charge in [0.05, 0.1) is 17.1 Å². The quantitative estimate of drug-likeness (QED) is 0.240. The molecular formula is C17H26IN5O3S. The molecule has 0 unspecified atom stereocenters. The first-order chi connectivity index (χ1) is 12.4. The summed E-state index contributed by atoms with van der Waals surface area (Å²) in [6, 6.07) is 3.92. The summed E-state index contributed by atoms with van der Waals surface area (Å²) in [5.41, 5.74) is 0.275. The Labute approximate surface area is 180 Å². The zero-order valence-electron chi connectivity index (χ0n) is 15.9. The molecule has 0 aromatic carbocycles. The largest absolute Gasteiger partial charge is 0.444 e. The maximum atomic E-state index is 11.6. The zero-order chi connectivity index (χ0) is 19.0. The minimum absolute atomic E-state index is 0. The molecule has 0 bridgehead atoms. The Morgan fingerprint density at radius 1 is 1.30 bits per heavy atom. The van der Waals surface area contributed by atoms with Gasteiger partial charge in [0.15, 0.2) is 5.96 Å². The van der Waals surface area contributed by atoms with Gasteiger partial charge in [-0.05, 0) is 32.2 Å². The van der Waals surface area contributed by atoms with Crippen molar-refractivity contribution in [2.24, 2.45) is 4.99 Å². The fourth-order valence-corrected chi connectivity index (χ4v) is 2.61. The summed E-state index contributed by atoms with van der Waals surface area (Å²) in [5, 5.41) is 10.9. The molecule has 0 aliphatic rings. The lowest BCUT2D eigenvalue weighted by atomic mass is 10.2. The SMILES string of the molecule is CN=C(NCCNC(=O)OC(C)(C)C)NCc1coc(-c2cccs2)n1.I. The number of guanidine groups is 1. The minimum Gasteiger partial charge on any atom is -0.444 e. The van der Waals surface area contributed by atoms with Crippen molar-refractivity contribution in [1.29, 1.82) is 0 Å². The lowest BCUT2D eigenvalue weighted by Gasteiger charge is -2.19. The van der Waals surface area contributed by atoms with E-state index in [9.17, 15) is 4.79 Å². The number of aromatic nitrogens is 1. The van der Waals surface area contributed by atoms with E-state index in [1.807, 2.05) is 38.3 Å². The van der Waals surface area contributed by atoms with Crippen LogP contribution in [0.2, 0.25) is 0 Å². The number of ether oxygens (including phenoxy) is 1. The van der Waals surface area contributed by atoms with Crippen LogP contribution in [0, 0.1) is 0 Å². The Hall–Kier alpha value is -1.82. The van der Waals surface area contributed by atoms with Crippen LogP contribution in [0.25, 0.3) is 10.8 Å². The van der Waals surface area contributed by atoms with E-state index in [0.717, 1.165) is 10.6 Å². The lowest BCUT2D eigenvalue weighted by molar-refractivity contribution is 0.0529. The average molecular weight is 507 g/mol. The summed E-state index contributed by atoms with van der Waals surface area (Å²) in [6.45, 7) is 6.88. The van der Waals surface area contributed by atoms with Crippen LogP contribution in [0.3, 0.4) is 0 Å². The number of thiophene rings is 1. The van der Waals surface area contributed by atoms with Crippen molar-refractivity contribution in [2.45, 2.75) is 32.9 Å². The fraction of sp³-hybridized carbons (Fsp3) is 0.471. The second-order valence-corrected chi connectivity index (χ2v) is 7.35. The van der Waals surface area contributed by atoms with Gasteiger partial charge in [-0.1, -0.05) is 6.07 Å². The van der Waals surface area contributed by atoms with Crippen molar-refractivity contribution >= 4 is 47.4 Å². The predicted molar refractivity (Wildman–Crippen MR) is 118 cm³/mol. The van der Waals surface area contributed by atoms with Crippen LogP contribution >= 0.6 is 35.3 Å². The Balaban J connectivity index is 0.00000364. The number of rotatable bonds is 6. The van der Waals surface area contributed by atoms with Crippen LogP contribution in [0.1, 0.15) is 26.5 Å². The number of hydrogen-bond acceptors (Lipinski definition) is 6. The van der Waals surface area contributed by atoms with Crippen molar-refractivity contribution in [3.63, 3.8) is 0 Å². The second kappa shape index (κ2) is 11.1. The van der Waals surface area contributed by atoms with E-state index in [1.165, 1.54) is 0 Å².